The number of nitrogens with one attached hydrogen (secondary N) is 1. The zero-order chi connectivity index (χ0) is 15.9. The minimum atomic E-state index is -0.0340. The monoisotopic (exact) mass is 317 g/mol. The number of amides is 1. The Morgan fingerprint density at radius 3 is 2.95 bits per heavy atom. The SMILES string of the molecule is CS[C@@H]1CCC[C@@H]1N(C)CCC(=O)Nc1ccccc1C#N. The standard InChI is InChI=1S/C17H23N3OS/c1-20(15-8-5-9-16(15)22-2)11-10-17(21)19-14-7-4-3-6-13(14)12-18/h3-4,6-7,15-16H,5,8-11H2,1-2H3,(H,19,21)/t15-,16+/m0/s1. The Kier molecular flexibility index (Phi) is 6.29. The third kappa shape index (κ3) is 4.25. The lowest BCUT2D eigenvalue weighted by Gasteiger charge is -2.28. The highest BCUT2D eigenvalue weighted by atomic mass is 32.2. The Labute approximate surface area is 136 Å². The summed E-state index contributed by atoms with van der Waals surface area (Å²) in [6, 6.07) is 9.77. The summed E-state index contributed by atoms with van der Waals surface area (Å²) in [6.45, 7) is 0.752. The molecule has 0 bridgehead atoms. The Morgan fingerprint density at radius 2 is 2.23 bits per heavy atom. The number of nitriles is 1. The number of hydrogen-bond acceptors (Lipinski definition) is 4. The summed E-state index contributed by atoms with van der Waals surface area (Å²) < 4.78 is 0. The normalized spacial score (nSPS) is 20.8. The van der Waals surface area contributed by atoms with Gasteiger partial charge in [-0.05, 0) is 38.3 Å². The highest BCUT2D eigenvalue weighted by molar-refractivity contribution is 7.99. The highest BCUT2D eigenvalue weighted by Crippen LogP contribution is 2.31. The molecule has 0 unspecified atom stereocenters. The second-order valence-electron chi connectivity index (χ2n) is 5.71. The number of thioether (sulfide) groups is 1. The molecule has 1 aromatic rings. The Morgan fingerprint density at radius 1 is 1.45 bits per heavy atom. The van der Waals surface area contributed by atoms with Crippen molar-refractivity contribution in [2.75, 3.05) is 25.2 Å². The van der Waals surface area contributed by atoms with Crippen molar-refractivity contribution in [1.29, 1.82) is 5.26 Å². The van der Waals surface area contributed by atoms with E-state index in [2.05, 4.69) is 29.6 Å². The molecule has 4 nitrogen and oxygen atoms in total. The van der Waals surface area contributed by atoms with Gasteiger partial charge in [-0.25, -0.2) is 0 Å². The quantitative estimate of drug-likeness (QED) is 0.876. The second-order valence-corrected chi connectivity index (χ2v) is 6.79. The van der Waals surface area contributed by atoms with E-state index in [1.165, 1.54) is 19.3 Å². The van der Waals surface area contributed by atoms with Gasteiger partial charge in [0.25, 0.3) is 0 Å². The first-order valence-corrected chi connectivity index (χ1v) is 8.96. The van der Waals surface area contributed by atoms with Crippen molar-refractivity contribution >= 4 is 23.4 Å². The average molecular weight is 317 g/mol. The lowest BCUT2D eigenvalue weighted by molar-refractivity contribution is -0.116. The van der Waals surface area contributed by atoms with Crippen LogP contribution in [-0.4, -0.2) is 41.9 Å². The van der Waals surface area contributed by atoms with Crippen molar-refractivity contribution in [3.63, 3.8) is 0 Å². The van der Waals surface area contributed by atoms with E-state index in [9.17, 15) is 4.79 Å². The van der Waals surface area contributed by atoms with Gasteiger partial charge >= 0.3 is 0 Å². The number of carbonyl (C=O) groups is 1. The molecule has 1 saturated carbocycles. The summed E-state index contributed by atoms with van der Waals surface area (Å²) in [5.41, 5.74) is 1.10. The van der Waals surface area contributed by atoms with Gasteiger partial charge in [0.2, 0.25) is 5.91 Å². The van der Waals surface area contributed by atoms with E-state index in [0.29, 0.717) is 29.0 Å². The van der Waals surface area contributed by atoms with Crippen LogP contribution in [0, 0.1) is 11.3 Å². The van der Waals surface area contributed by atoms with Crippen LogP contribution in [0.2, 0.25) is 0 Å². The number of hydrogen-bond donors (Lipinski definition) is 1. The van der Waals surface area contributed by atoms with Gasteiger partial charge in [-0.2, -0.15) is 17.0 Å². The summed E-state index contributed by atoms with van der Waals surface area (Å²) in [4.78, 5) is 14.4. The summed E-state index contributed by atoms with van der Waals surface area (Å²) in [7, 11) is 2.11. The van der Waals surface area contributed by atoms with E-state index in [1.807, 2.05) is 17.8 Å². The molecule has 0 radical (unpaired) electrons. The molecule has 118 valence electrons. The summed E-state index contributed by atoms with van der Waals surface area (Å²) >= 11 is 1.93. The average Bonchev–Trinajstić information content (AvgIpc) is 3.01. The Hall–Kier alpha value is -1.51. The maximum absolute atomic E-state index is 12.1. The molecule has 1 amide bonds. The van der Waals surface area contributed by atoms with E-state index in [4.69, 9.17) is 5.26 Å². The number of benzene rings is 1. The zero-order valence-electron chi connectivity index (χ0n) is 13.2. The van der Waals surface area contributed by atoms with Crippen molar-refractivity contribution in [1.82, 2.24) is 4.90 Å². The van der Waals surface area contributed by atoms with E-state index in [1.54, 1.807) is 18.2 Å². The Bertz CT molecular complexity index is 555. The third-order valence-corrected chi connectivity index (χ3v) is 5.46. The topological polar surface area (TPSA) is 56.1 Å². The number of para-hydroxylation sites is 1. The first-order valence-electron chi connectivity index (χ1n) is 7.67. The van der Waals surface area contributed by atoms with Crippen LogP contribution >= 0.6 is 11.8 Å². The molecule has 5 heteroatoms. The van der Waals surface area contributed by atoms with Gasteiger partial charge < -0.3 is 10.2 Å². The van der Waals surface area contributed by atoms with Crippen molar-refractivity contribution in [3.8, 4) is 6.07 Å². The molecule has 22 heavy (non-hydrogen) atoms. The van der Waals surface area contributed by atoms with Crippen LogP contribution < -0.4 is 5.32 Å². The van der Waals surface area contributed by atoms with E-state index < -0.39 is 0 Å². The zero-order valence-corrected chi connectivity index (χ0v) is 14.0. The molecule has 1 fully saturated rings. The number of nitrogens with zero attached hydrogens (tertiary/aromatic N) is 2. The largest absolute Gasteiger partial charge is 0.325 e. The molecule has 1 aliphatic carbocycles. The molecule has 0 aliphatic heterocycles. The van der Waals surface area contributed by atoms with Gasteiger partial charge in [-0.1, -0.05) is 18.6 Å². The maximum Gasteiger partial charge on any atom is 0.225 e. The molecule has 1 N–H and O–H groups in total. The summed E-state index contributed by atoms with van der Waals surface area (Å²) in [5, 5.41) is 12.6. The van der Waals surface area contributed by atoms with Crippen molar-refractivity contribution in [2.24, 2.45) is 0 Å². The first kappa shape index (κ1) is 16.9. The molecule has 0 heterocycles. The van der Waals surface area contributed by atoms with E-state index >= 15 is 0 Å². The lowest BCUT2D eigenvalue weighted by atomic mass is 10.2. The molecule has 0 saturated heterocycles. The first-order chi connectivity index (χ1) is 10.7. The van der Waals surface area contributed by atoms with Gasteiger partial charge in [-0.3, -0.25) is 4.79 Å². The highest BCUT2D eigenvalue weighted by Gasteiger charge is 2.29. The third-order valence-electron chi connectivity index (χ3n) is 4.30. The minimum Gasteiger partial charge on any atom is -0.325 e. The van der Waals surface area contributed by atoms with Crippen molar-refractivity contribution in [2.45, 2.75) is 37.0 Å². The van der Waals surface area contributed by atoms with Crippen LogP contribution in [0.25, 0.3) is 0 Å². The number of carbonyl (C=O) groups excluding carboxylic acids is 1. The number of rotatable bonds is 6. The second kappa shape index (κ2) is 8.21. The fourth-order valence-corrected chi connectivity index (χ4v) is 4.09. The fraction of sp³-hybridized carbons (Fsp3) is 0.529. The van der Waals surface area contributed by atoms with Crippen molar-refractivity contribution < 1.29 is 4.79 Å². The van der Waals surface area contributed by atoms with Crippen molar-refractivity contribution in [3.05, 3.63) is 29.8 Å². The van der Waals surface area contributed by atoms with Crippen LogP contribution in [0.4, 0.5) is 5.69 Å². The van der Waals surface area contributed by atoms with Crippen LogP contribution in [-0.2, 0) is 4.79 Å². The van der Waals surface area contributed by atoms with Crippen LogP contribution in [0.15, 0.2) is 24.3 Å². The minimum absolute atomic E-state index is 0.0340. The summed E-state index contributed by atoms with van der Waals surface area (Å²) in [5.74, 6) is -0.0340. The molecule has 2 atom stereocenters. The molecular weight excluding hydrogens is 294 g/mol. The van der Waals surface area contributed by atoms with E-state index in [0.717, 1.165) is 6.54 Å². The van der Waals surface area contributed by atoms with Gasteiger partial charge in [0.1, 0.15) is 6.07 Å². The predicted octanol–water partition coefficient (Wildman–Crippen LogP) is 3.10. The number of anilines is 1. The summed E-state index contributed by atoms with van der Waals surface area (Å²) in [6.07, 6.45) is 6.40. The van der Waals surface area contributed by atoms with Gasteiger partial charge in [-0.15, -0.1) is 0 Å². The molecule has 0 aromatic heterocycles. The van der Waals surface area contributed by atoms with Gasteiger partial charge in [0.05, 0.1) is 11.3 Å². The lowest BCUT2D eigenvalue weighted by Crippen LogP contribution is -2.37. The smallest absolute Gasteiger partial charge is 0.225 e. The molecule has 0 spiro atoms. The molecule has 1 aromatic carbocycles. The van der Waals surface area contributed by atoms with Crippen LogP contribution in [0.3, 0.4) is 0 Å². The van der Waals surface area contributed by atoms with Gasteiger partial charge in [0, 0.05) is 24.3 Å². The van der Waals surface area contributed by atoms with Crippen LogP contribution in [0.5, 0.6) is 0 Å². The molecular formula is C17H23N3OS. The predicted molar refractivity (Wildman–Crippen MR) is 92.0 cm³/mol. The maximum atomic E-state index is 12.1. The van der Waals surface area contributed by atoms with E-state index in [-0.39, 0.29) is 5.91 Å². The Balaban J connectivity index is 1.84. The molecule has 1 aliphatic rings. The van der Waals surface area contributed by atoms with Gasteiger partial charge in [0.15, 0.2) is 0 Å². The van der Waals surface area contributed by atoms with Crippen LogP contribution in [0.1, 0.15) is 31.2 Å². The fourth-order valence-electron chi connectivity index (χ4n) is 3.03. The molecule has 2 rings (SSSR count).